The highest BCUT2D eigenvalue weighted by atomic mass is 16.2. The number of rotatable bonds is 6. The van der Waals surface area contributed by atoms with Crippen LogP contribution in [-0.4, -0.2) is 61.4 Å². The summed E-state index contributed by atoms with van der Waals surface area (Å²) in [6.07, 6.45) is 1.21. The molecule has 1 rings (SSSR count). The maximum absolute atomic E-state index is 13.0. The molecule has 9 nitrogen and oxygen atoms in total. The maximum atomic E-state index is 13.0. The number of amides is 4. The topological polar surface area (TPSA) is 128 Å². The van der Waals surface area contributed by atoms with Gasteiger partial charge >= 0.3 is 0 Å². The average Bonchev–Trinajstić information content (AvgIpc) is 2.76. The Morgan fingerprint density at radius 2 is 1.69 bits per heavy atom. The van der Waals surface area contributed by atoms with Crippen molar-refractivity contribution < 1.29 is 19.2 Å². The fraction of sp³-hybridized carbons (Fsp3) is 0.765. The molecule has 9 heteroatoms. The largest absolute Gasteiger partial charge is 0.357 e. The van der Waals surface area contributed by atoms with Crippen LogP contribution < -0.4 is 26.6 Å². The van der Waals surface area contributed by atoms with Gasteiger partial charge in [-0.25, -0.2) is 0 Å². The van der Waals surface area contributed by atoms with E-state index in [4.69, 9.17) is 0 Å². The van der Waals surface area contributed by atoms with E-state index in [1.807, 2.05) is 6.92 Å². The van der Waals surface area contributed by atoms with Crippen LogP contribution in [-0.2, 0) is 19.2 Å². The van der Waals surface area contributed by atoms with Crippen LogP contribution in [0.15, 0.2) is 0 Å². The van der Waals surface area contributed by atoms with Crippen molar-refractivity contribution in [3.63, 3.8) is 0 Å². The molecule has 0 unspecified atom stereocenters. The van der Waals surface area contributed by atoms with Crippen molar-refractivity contribution in [3.8, 4) is 0 Å². The third kappa shape index (κ3) is 5.42. The Balaban J connectivity index is 2.86. The molecule has 148 valence electrons. The molecule has 0 radical (unpaired) electrons. The van der Waals surface area contributed by atoms with Crippen molar-refractivity contribution in [2.45, 2.75) is 58.2 Å². The zero-order valence-corrected chi connectivity index (χ0v) is 16.2. The summed E-state index contributed by atoms with van der Waals surface area (Å²) in [5.74, 6) is -1.62. The molecule has 0 saturated carbocycles. The van der Waals surface area contributed by atoms with Gasteiger partial charge in [0.15, 0.2) is 0 Å². The summed E-state index contributed by atoms with van der Waals surface area (Å²) in [4.78, 5) is 48.5. The summed E-state index contributed by atoms with van der Waals surface area (Å²) in [5.41, 5.74) is -1.07. The van der Waals surface area contributed by atoms with Gasteiger partial charge < -0.3 is 26.6 Å². The van der Waals surface area contributed by atoms with Crippen LogP contribution in [0, 0.1) is 5.92 Å². The third-order valence-electron chi connectivity index (χ3n) is 4.76. The van der Waals surface area contributed by atoms with E-state index in [-0.39, 0.29) is 23.6 Å². The molecular weight excluding hydrogens is 338 g/mol. The predicted octanol–water partition coefficient (Wildman–Crippen LogP) is -1.36. The standard InChI is InChI=1S/C17H31N5O4/c1-10-9-19-8-6-7-17(10,22-13(4)23)16(26)21-12(3)15(25)20-11(2)14(24)18-5/h10-12,19H,6-9H2,1-5H3,(H,18,24)(H,20,25)(H,21,26)(H,22,23)/t10-,11+,12+,17+/m1/s1. The second-order valence-electron chi connectivity index (χ2n) is 6.90. The first-order chi connectivity index (χ1) is 12.1. The van der Waals surface area contributed by atoms with Crippen LogP contribution in [0.25, 0.3) is 0 Å². The molecule has 4 atom stereocenters. The van der Waals surface area contributed by atoms with Gasteiger partial charge in [-0.05, 0) is 33.2 Å². The molecule has 26 heavy (non-hydrogen) atoms. The Morgan fingerprint density at radius 1 is 1.08 bits per heavy atom. The monoisotopic (exact) mass is 369 g/mol. The van der Waals surface area contributed by atoms with Gasteiger partial charge in [-0.1, -0.05) is 6.92 Å². The van der Waals surface area contributed by atoms with Crippen molar-refractivity contribution in [2.24, 2.45) is 5.92 Å². The second-order valence-corrected chi connectivity index (χ2v) is 6.90. The lowest BCUT2D eigenvalue weighted by atomic mass is 9.80. The molecule has 0 spiro atoms. The SMILES string of the molecule is CNC(=O)[C@H](C)NC(=O)[C@H](C)NC(=O)[C@]1(NC(C)=O)CCCNC[C@H]1C. The molecule has 1 aliphatic heterocycles. The summed E-state index contributed by atoms with van der Waals surface area (Å²) in [6, 6.07) is -1.55. The lowest BCUT2D eigenvalue weighted by Crippen LogP contribution is -2.65. The minimum absolute atomic E-state index is 0.144. The Bertz CT molecular complexity index is 553. The van der Waals surface area contributed by atoms with Crippen molar-refractivity contribution >= 4 is 23.6 Å². The smallest absolute Gasteiger partial charge is 0.246 e. The zero-order valence-electron chi connectivity index (χ0n) is 16.2. The van der Waals surface area contributed by atoms with E-state index in [0.717, 1.165) is 13.0 Å². The lowest BCUT2D eigenvalue weighted by molar-refractivity contribution is -0.138. The molecule has 5 N–H and O–H groups in total. The van der Waals surface area contributed by atoms with Crippen LogP contribution in [0.3, 0.4) is 0 Å². The summed E-state index contributed by atoms with van der Waals surface area (Å²) < 4.78 is 0. The van der Waals surface area contributed by atoms with Gasteiger partial charge in [0.2, 0.25) is 23.6 Å². The van der Waals surface area contributed by atoms with Gasteiger partial charge in [0.1, 0.15) is 17.6 Å². The van der Waals surface area contributed by atoms with Crippen LogP contribution in [0.2, 0.25) is 0 Å². The number of carbonyl (C=O) groups excluding carboxylic acids is 4. The van der Waals surface area contributed by atoms with E-state index in [0.29, 0.717) is 13.0 Å². The molecule has 1 saturated heterocycles. The van der Waals surface area contributed by atoms with E-state index < -0.39 is 23.5 Å². The molecule has 0 aromatic carbocycles. The van der Waals surface area contributed by atoms with Gasteiger partial charge in [-0.2, -0.15) is 0 Å². The molecule has 0 aromatic heterocycles. The Labute approximate surface area is 154 Å². The van der Waals surface area contributed by atoms with E-state index in [1.54, 1.807) is 13.8 Å². The maximum Gasteiger partial charge on any atom is 0.246 e. The quantitative estimate of drug-likeness (QED) is 0.395. The molecule has 4 amide bonds. The molecule has 1 fully saturated rings. The first-order valence-corrected chi connectivity index (χ1v) is 8.96. The van der Waals surface area contributed by atoms with Crippen LogP contribution in [0.5, 0.6) is 0 Å². The first-order valence-electron chi connectivity index (χ1n) is 8.96. The lowest BCUT2D eigenvalue weighted by Gasteiger charge is -2.37. The number of nitrogens with one attached hydrogen (secondary N) is 5. The Hall–Kier alpha value is -2.16. The third-order valence-corrected chi connectivity index (χ3v) is 4.76. The zero-order chi connectivity index (χ0) is 19.9. The van der Waals surface area contributed by atoms with E-state index in [1.165, 1.54) is 14.0 Å². The number of hydrogen-bond donors (Lipinski definition) is 5. The first kappa shape index (κ1) is 21.9. The van der Waals surface area contributed by atoms with Crippen molar-refractivity contribution in [1.29, 1.82) is 0 Å². The minimum atomic E-state index is -1.07. The van der Waals surface area contributed by atoms with Gasteiger partial charge in [0.25, 0.3) is 0 Å². The highest BCUT2D eigenvalue weighted by Crippen LogP contribution is 2.26. The number of hydrogen-bond acceptors (Lipinski definition) is 5. The van der Waals surface area contributed by atoms with Crippen molar-refractivity contribution in [2.75, 3.05) is 20.1 Å². The fourth-order valence-electron chi connectivity index (χ4n) is 3.14. The molecular formula is C17H31N5O4. The molecule has 0 bridgehead atoms. The van der Waals surface area contributed by atoms with E-state index in [9.17, 15) is 19.2 Å². The average molecular weight is 369 g/mol. The fourth-order valence-corrected chi connectivity index (χ4v) is 3.14. The number of likely N-dealkylation sites (N-methyl/N-ethyl adjacent to an activating group) is 1. The van der Waals surface area contributed by atoms with Crippen LogP contribution in [0.1, 0.15) is 40.5 Å². The predicted molar refractivity (Wildman–Crippen MR) is 97.1 cm³/mol. The highest BCUT2D eigenvalue weighted by Gasteiger charge is 2.45. The normalized spacial score (nSPS) is 25.2. The summed E-state index contributed by atoms with van der Waals surface area (Å²) in [7, 11) is 1.48. The molecule has 1 aliphatic rings. The molecule has 0 aromatic rings. The highest BCUT2D eigenvalue weighted by molar-refractivity contribution is 5.96. The van der Waals surface area contributed by atoms with Crippen molar-refractivity contribution in [3.05, 3.63) is 0 Å². The van der Waals surface area contributed by atoms with Crippen molar-refractivity contribution in [1.82, 2.24) is 26.6 Å². The van der Waals surface area contributed by atoms with Gasteiger partial charge in [-0.3, -0.25) is 19.2 Å². The van der Waals surface area contributed by atoms with Gasteiger partial charge in [-0.15, -0.1) is 0 Å². The summed E-state index contributed by atoms with van der Waals surface area (Å²) in [6.45, 7) is 7.72. The number of carbonyl (C=O) groups is 4. The molecule has 1 heterocycles. The van der Waals surface area contributed by atoms with Gasteiger partial charge in [0, 0.05) is 26.4 Å². The Morgan fingerprint density at radius 3 is 2.27 bits per heavy atom. The van der Waals surface area contributed by atoms with E-state index >= 15 is 0 Å². The molecule has 0 aliphatic carbocycles. The minimum Gasteiger partial charge on any atom is -0.357 e. The van der Waals surface area contributed by atoms with Crippen LogP contribution in [0.4, 0.5) is 0 Å². The summed E-state index contributed by atoms with van der Waals surface area (Å²) in [5, 5.41) is 13.7. The second kappa shape index (κ2) is 9.51. The van der Waals surface area contributed by atoms with Crippen LogP contribution >= 0.6 is 0 Å². The summed E-state index contributed by atoms with van der Waals surface area (Å²) >= 11 is 0. The Kier molecular flexibility index (Phi) is 8.01. The van der Waals surface area contributed by atoms with Gasteiger partial charge in [0.05, 0.1) is 0 Å². The van der Waals surface area contributed by atoms with E-state index in [2.05, 4.69) is 26.6 Å².